The van der Waals surface area contributed by atoms with Crippen molar-refractivity contribution in [2.75, 3.05) is 13.2 Å². The molecule has 2 amide bonds. The molecule has 0 aromatic carbocycles. The zero-order valence-electron chi connectivity index (χ0n) is 8.97. The number of urea groups is 1. The summed E-state index contributed by atoms with van der Waals surface area (Å²) in [6.07, 6.45) is -4.10. The zero-order valence-corrected chi connectivity index (χ0v) is 8.97. The van der Waals surface area contributed by atoms with Crippen molar-refractivity contribution in [3.05, 3.63) is 0 Å². The summed E-state index contributed by atoms with van der Waals surface area (Å²) in [6, 6.07) is -0.785. The Morgan fingerprint density at radius 3 is 2.82 bits per heavy atom. The number of alkyl halides is 2. The van der Waals surface area contributed by atoms with E-state index in [0.717, 1.165) is 4.90 Å². The third kappa shape index (κ3) is 2.33. The summed E-state index contributed by atoms with van der Waals surface area (Å²) in [7, 11) is 0. The van der Waals surface area contributed by atoms with Gasteiger partial charge < -0.3 is 20.3 Å². The number of hydrogen-bond acceptors (Lipinski definition) is 4. The highest BCUT2D eigenvalue weighted by molar-refractivity contribution is 5.75. The van der Waals surface area contributed by atoms with Crippen molar-refractivity contribution in [1.29, 1.82) is 0 Å². The molecule has 2 aliphatic heterocycles. The highest BCUT2D eigenvalue weighted by Crippen LogP contribution is 2.38. The number of nitrogens with one attached hydrogen (secondary N) is 1. The quantitative estimate of drug-likeness (QED) is 0.616. The lowest BCUT2D eigenvalue weighted by atomic mass is 10.1. The second-order valence-corrected chi connectivity index (χ2v) is 4.21. The molecule has 2 heterocycles. The third-order valence-corrected chi connectivity index (χ3v) is 2.86. The van der Waals surface area contributed by atoms with Crippen LogP contribution < -0.4 is 5.32 Å². The van der Waals surface area contributed by atoms with E-state index in [4.69, 9.17) is 14.9 Å². The molecule has 2 saturated heterocycles. The standard InChI is InChI=1S/C9H14F2N2O4/c10-9(11)3-5(4-14)17-7(9)13-2-1-6(15)12-8(13)16/h5-7,14-15H,1-4H2,(H,12,16). The van der Waals surface area contributed by atoms with Crippen LogP contribution >= 0.6 is 0 Å². The molecular formula is C9H14F2N2O4. The van der Waals surface area contributed by atoms with Crippen molar-refractivity contribution in [2.24, 2.45) is 0 Å². The van der Waals surface area contributed by atoms with Crippen molar-refractivity contribution < 1.29 is 28.5 Å². The first-order chi connectivity index (χ1) is 7.94. The maximum Gasteiger partial charge on any atom is 0.321 e. The van der Waals surface area contributed by atoms with Crippen LogP contribution in [0.5, 0.6) is 0 Å². The fraction of sp³-hybridized carbons (Fsp3) is 0.889. The van der Waals surface area contributed by atoms with Crippen molar-refractivity contribution in [3.63, 3.8) is 0 Å². The van der Waals surface area contributed by atoms with Gasteiger partial charge in [-0.1, -0.05) is 0 Å². The lowest BCUT2D eigenvalue weighted by Crippen LogP contribution is -2.58. The molecule has 3 N–H and O–H groups in total. The number of hydrogen-bond donors (Lipinski definition) is 3. The number of aliphatic hydroxyl groups excluding tert-OH is 2. The van der Waals surface area contributed by atoms with E-state index in [0.29, 0.717) is 0 Å². The smallest absolute Gasteiger partial charge is 0.321 e. The number of ether oxygens (including phenoxy) is 1. The first kappa shape index (κ1) is 12.5. The number of carbonyl (C=O) groups excluding carboxylic acids is 1. The summed E-state index contributed by atoms with van der Waals surface area (Å²) in [6.45, 7) is -0.518. The predicted octanol–water partition coefficient (Wildman–Crippen LogP) is -0.537. The minimum Gasteiger partial charge on any atom is -0.394 e. The van der Waals surface area contributed by atoms with Crippen LogP contribution in [0.15, 0.2) is 0 Å². The maximum atomic E-state index is 13.6. The van der Waals surface area contributed by atoms with E-state index in [1.54, 1.807) is 0 Å². The van der Waals surface area contributed by atoms with Gasteiger partial charge in [-0.05, 0) is 0 Å². The molecule has 2 fully saturated rings. The van der Waals surface area contributed by atoms with Gasteiger partial charge in [-0.3, -0.25) is 4.90 Å². The molecule has 98 valence electrons. The number of nitrogens with zero attached hydrogens (tertiary/aromatic N) is 1. The number of halogens is 2. The Morgan fingerprint density at radius 2 is 2.29 bits per heavy atom. The van der Waals surface area contributed by atoms with Gasteiger partial charge in [0.05, 0.1) is 12.7 Å². The van der Waals surface area contributed by atoms with Gasteiger partial charge in [0.1, 0.15) is 6.23 Å². The summed E-state index contributed by atoms with van der Waals surface area (Å²) in [5.41, 5.74) is 0. The number of aliphatic hydroxyl groups is 2. The van der Waals surface area contributed by atoms with Gasteiger partial charge in [-0.25, -0.2) is 13.6 Å². The molecule has 8 heteroatoms. The van der Waals surface area contributed by atoms with Crippen molar-refractivity contribution in [2.45, 2.75) is 37.3 Å². The van der Waals surface area contributed by atoms with Crippen molar-refractivity contribution in [3.8, 4) is 0 Å². The van der Waals surface area contributed by atoms with Crippen molar-refractivity contribution in [1.82, 2.24) is 10.2 Å². The topological polar surface area (TPSA) is 82.0 Å². The van der Waals surface area contributed by atoms with E-state index in [1.807, 2.05) is 0 Å². The molecule has 0 aliphatic carbocycles. The average molecular weight is 252 g/mol. The second-order valence-electron chi connectivity index (χ2n) is 4.21. The van der Waals surface area contributed by atoms with Gasteiger partial charge in [0.25, 0.3) is 5.92 Å². The molecular weight excluding hydrogens is 238 g/mol. The number of rotatable bonds is 2. The fourth-order valence-electron chi connectivity index (χ4n) is 2.03. The molecule has 2 rings (SSSR count). The zero-order chi connectivity index (χ0) is 12.6. The van der Waals surface area contributed by atoms with Crippen LogP contribution in [-0.2, 0) is 4.74 Å². The van der Waals surface area contributed by atoms with Crippen LogP contribution in [-0.4, -0.2) is 58.8 Å². The SMILES string of the molecule is O=C1NC(O)CCN1C1OC(CO)CC1(F)F. The van der Waals surface area contributed by atoms with Gasteiger partial charge >= 0.3 is 6.03 Å². The lowest BCUT2D eigenvalue weighted by Gasteiger charge is -2.36. The summed E-state index contributed by atoms with van der Waals surface area (Å²) >= 11 is 0. The summed E-state index contributed by atoms with van der Waals surface area (Å²) < 4.78 is 32.1. The first-order valence-corrected chi connectivity index (χ1v) is 5.33. The Kier molecular flexibility index (Phi) is 3.19. The third-order valence-electron chi connectivity index (χ3n) is 2.86. The lowest BCUT2D eigenvalue weighted by molar-refractivity contribution is -0.145. The Hall–Kier alpha value is -0.990. The second kappa shape index (κ2) is 4.35. The predicted molar refractivity (Wildman–Crippen MR) is 51.2 cm³/mol. The van der Waals surface area contributed by atoms with Crippen LogP contribution in [0.25, 0.3) is 0 Å². The van der Waals surface area contributed by atoms with Gasteiger partial charge in [-0.2, -0.15) is 0 Å². The average Bonchev–Trinajstić information content (AvgIpc) is 2.54. The Balaban J connectivity index is 2.09. The highest BCUT2D eigenvalue weighted by Gasteiger charge is 2.54. The van der Waals surface area contributed by atoms with Crippen molar-refractivity contribution >= 4 is 6.03 Å². The van der Waals surface area contributed by atoms with Crippen LogP contribution in [0.2, 0.25) is 0 Å². The molecule has 3 unspecified atom stereocenters. The first-order valence-electron chi connectivity index (χ1n) is 5.33. The summed E-state index contributed by atoms with van der Waals surface area (Å²) in [4.78, 5) is 12.3. The molecule has 6 nitrogen and oxygen atoms in total. The van der Waals surface area contributed by atoms with Gasteiger partial charge in [-0.15, -0.1) is 0 Å². The largest absolute Gasteiger partial charge is 0.394 e. The van der Waals surface area contributed by atoms with Crippen LogP contribution in [0.1, 0.15) is 12.8 Å². The highest BCUT2D eigenvalue weighted by atomic mass is 19.3. The van der Waals surface area contributed by atoms with Crippen LogP contribution in [0.3, 0.4) is 0 Å². The van der Waals surface area contributed by atoms with Crippen LogP contribution in [0.4, 0.5) is 13.6 Å². The summed E-state index contributed by atoms with van der Waals surface area (Å²) in [5.74, 6) is -3.19. The molecule has 0 radical (unpaired) electrons. The van der Waals surface area contributed by atoms with E-state index in [9.17, 15) is 13.6 Å². The Morgan fingerprint density at radius 1 is 1.59 bits per heavy atom. The summed E-state index contributed by atoms with van der Waals surface area (Å²) in [5, 5.41) is 20.1. The van der Waals surface area contributed by atoms with E-state index in [-0.39, 0.29) is 13.0 Å². The molecule has 0 aromatic rings. The molecule has 17 heavy (non-hydrogen) atoms. The Labute approximate surface area is 96.2 Å². The van der Waals surface area contributed by atoms with E-state index in [1.165, 1.54) is 0 Å². The molecule has 3 atom stereocenters. The van der Waals surface area contributed by atoms with Gasteiger partial charge in [0.15, 0.2) is 6.23 Å². The minimum absolute atomic E-state index is 0.00853. The van der Waals surface area contributed by atoms with E-state index < -0.39 is 43.5 Å². The number of carbonyl (C=O) groups is 1. The Bertz CT molecular complexity index is 315. The van der Waals surface area contributed by atoms with Crippen LogP contribution in [0, 0.1) is 0 Å². The maximum absolute atomic E-state index is 13.6. The molecule has 2 aliphatic rings. The fourth-order valence-corrected chi connectivity index (χ4v) is 2.03. The normalized spacial score (nSPS) is 37.1. The van der Waals surface area contributed by atoms with Gasteiger partial charge in [0.2, 0.25) is 0 Å². The molecule has 0 bridgehead atoms. The van der Waals surface area contributed by atoms with E-state index in [2.05, 4.69) is 5.32 Å². The monoisotopic (exact) mass is 252 g/mol. The number of amides is 2. The van der Waals surface area contributed by atoms with Gasteiger partial charge in [0, 0.05) is 19.4 Å². The van der Waals surface area contributed by atoms with E-state index >= 15 is 0 Å². The minimum atomic E-state index is -3.19. The molecule has 0 saturated carbocycles. The molecule has 0 aromatic heterocycles. The molecule has 0 spiro atoms.